The van der Waals surface area contributed by atoms with Crippen molar-refractivity contribution in [2.24, 2.45) is 0 Å². The summed E-state index contributed by atoms with van der Waals surface area (Å²) in [6.07, 6.45) is 0.520. The van der Waals surface area contributed by atoms with E-state index >= 15 is 0 Å². The van der Waals surface area contributed by atoms with Gasteiger partial charge in [-0.25, -0.2) is 0 Å². The predicted molar refractivity (Wildman–Crippen MR) is 110 cm³/mol. The average Bonchev–Trinajstić information content (AvgIpc) is 2.74. The number of carbonyl (C=O) groups excluding carboxylic acids is 2. The van der Waals surface area contributed by atoms with Gasteiger partial charge in [-0.3, -0.25) is 9.59 Å². The molecular weight excluding hydrogens is 366 g/mol. The van der Waals surface area contributed by atoms with Crippen LogP contribution in [0.15, 0.2) is 48.5 Å². The Labute approximate surface area is 171 Å². The summed E-state index contributed by atoms with van der Waals surface area (Å²) in [5.41, 5.74) is 2.28. The van der Waals surface area contributed by atoms with Crippen LogP contribution in [-0.2, 0) is 16.1 Å². The highest BCUT2D eigenvalue weighted by molar-refractivity contribution is 6.00. The van der Waals surface area contributed by atoms with Crippen LogP contribution >= 0.6 is 0 Å². The van der Waals surface area contributed by atoms with Gasteiger partial charge in [-0.2, -0.15) is 5.26 Å². The minimum atomic E-state index is -0.564. The summed E-state index contributed by atoms with van der Waals surface area (Å²) in [5, 5.41) is 8.93. The average molecular weight is 391 g/mol. The standard InChI is InChI=1S/C23H25N3O3/c1-3-13-25(16-19-10-8-18(15-24)9-11-19)22(27)12-14-26-20-6-4-5-7-21(20)29-17(2)23(26)28/h4-11,17H,3,12-14,16H2,1-2H3. The van der Waals surface area contributed by atoms with Crippen LogP contribution < -0.4 is 9.64 Å². The first kappa shape index (κ1) is 20.4. The van der Waals surface area contributed by atoms with E-state index in [1.165, 1.54) is 0 Å². The molecule has 1 unspecified atom stereocenters. The number of benzene rings is 2. The van der Waals surface area contributed by atoms with Crippen LogP contribution in [0.2, 0.25) is 0 Å². The first-order valence-electron chi connectivity index (χ1n) is 9.87. The van der Waals surface area contributed by atoms with Crippen molar-refractivity contribution in [1.82, 2.24) is 4.90 Å². The highest BCUT2D eigenvalue weighted by Gasteiger charge is 2.31. The summed E-state index contributed by atoms with van der Waals surface area (Å²) in [6.45, 7) is 5.20. The fraction of sp³-hybridized carbons (Fsp3) is 0.348. The maximum Gasteiger partial charge on any atom is 0.267 e. The third-order valence-corrected chi connectivity index (χ3v) is 4.93. The van der Waals surface area contributed by atoms with Crippen molar-refractivity contribution in [3.63, 3.8) is 0 Å². The summed E-state index contributed by atoms with van der Waals surface area (Å²) < 4.78 is 5.66. The molecule has 0 saturated heterocycles. The molecule has 6 heteroatoms. The molecule has 0 fully saturated rings. The highest BCUT2D eigenvalue weighted by atomic mass is 16.5. The molecule has 1 aliphatic rings. The zero-order chi connectivity index (χ0) is 20.8. The van der Waals surface area contributed by atoms with Crippen LogP contribution in [0, 0.1) is 11.3 Å². The summed E-state index contributed by atoms with van der Waals surface area (Å²) in [7, 11) is 0. The molecule has 0 N–H and O–H groups in total. The van der Waals surface area contributed by atoms with E-state index in [1.807, 2.05) is 48.2 Å². The third-order valence-electron chi connectivity index (χ3n) is 4.93. The first-order chi connectivity index (χ1) is 14.0. The molecule has 0 spiro atoms. The van der Waals surface area contributed by atoms with E-state index in [0.29, 0.717) is 36.6 Å². The fourth-order valence-corrected chi connectivity index (χ4v) is 3.42. The number of nitriles is 1. The smallest absolute Gasteiger partial charge is 0.267 e. The molecule has 0 radical (unpaired) electrons. The molecule has 1 heterocycles. The minimum Gasteiger partial charge on any atom is -0.479 e. The van der Waals surface area contributed by atoms with E-state index in [1.54, 1.807) is 24.0 Å². The lowest BCUT2D eigenvalue weighted by Gasteiger charge is -2.33. The van der Waals surface area contributed by atoms with Crippen molar-refractivity contribution in [3.05, 3.63) is 59.7 Å². The fourth-order valence-electron chi connectivity index (χ4n) is 3.42. The number of para-hydroxylation sites is 2. The van der Waals surface area contributed by atoms with Gasteiger partial charge < -0.3 is 14.5 Å². The van der Waals surface area contributed by atoms with Gasteiger partial charge in [-0.05, 0) is 43.2 Å². The maximum absolute atomic E-state index is 12.9. The summed E-state index contributed by atoms with van der Waals surface area (Å²) in [6, 6.07) is 16.8. The summed E-state index contributed by atoms with van der Waals surface area (Å²) in [5.74, 6) is 0.529. The van der Waals surface area contributed by atoms with Crippen LogP contribution in [-0.4, -0.2) is 35.9 Å². The van der Waals surface area contributed by atoms with Gasteiger partial charge >= 0.3 is 0 Å². The van der Waals surface area contributed by atoms with Gasteiger partial charge in [-0.1, -0.05) is 31.2 Å². The van der Waals surface area contributed by atoms with E-state index in [-0.39, 0.29) is 18.2 Å². The second kappa shape index (κ2) is 9.24. The molecule has 0 saturated carbocycles. The van der Waals surface area contributed by atoms with Gasteiger partial charge in [0.15, 0.2) is 6.10 Å². The van der Waals surface area contributed by atoms with Crippen LogP contribution in [0.25, 0.3) is 0 Å². The monoisotopic (exact) mass is 391 g/mol. The molecule has 3 rings (SSSR count). The van der Waals surface area contributed by atoms with E-state index in [2.05, 4.69) is 6.07 Å². The molecule has 2 aromatic carbocycles. The Bertz CT molecular complexity index is 918. The van der Waals surface area contributed by atoms with E-state index in [0.717, 1.165) is 12.0 Å². The molecule has 2 aromatic rings. The first-order valence-corrected chi connectivity index (χ1v) is 9.87. The zero-order valence-electron chi connectivity index (χ0n) is 16.8. The van der Waals surface area contributed by atoms with Crippen molar-refractivity contribution in [3.8, 4) is 11.8 Å². The topological polar surface area (TPSA) is 73.6 Å². The van der Waals surface area contributed by atoms with Gasteiger partial charge in [0, 0.05) is 26.1 Å². The molecular formula is C23H25N3O3. The van der Waals surface area contributed by atoms with Crippen LogP contribution in [0.1, 0.15) is 37.8 Å². The number of hydrogen-bond acceptors (Lipinski definition) is 4. The Morgan fingerprint density at radius 3 is 2.62 bits per heavy atom. The van der Waals surface area contributed by atoms with Gasteiger partial charge in [-0.15, -0.1) is 0 Å². The van der Waals surface area contributed by atoms with Gasteiger partial charge in [0.2, 0.25) is 5.91 Å². The number of anilines is 1. The zero-order valence-corrected chi connectivity index (χ0v) is 16.8. The van der Waals surface area contributed by atoms with Crippen LogP contribution in [0.3, 0.4) is 0 Å². The maximum atomic E-state index is 12.9. The molecule has 6 nitrogen and oxygen atoms in total. The number of rotatable bonds is 7. The van der Waals surface area contributed by atoms with E-state index in [4.69, 9.17) is 10.00 Å². The lowest BCUT2D eigenvalue weighted by molar-refractivity contribution is -0.131. The number of ether oxygens (including phenoxy) is 1. The Morgan fingerprint density at radius 2 is 1.93 bits per heavy atom. The van der Waals surface area contributed by atoms with Crippen molar-refractivity contribution >= 4 is 17.5 Å². The van der Waals surface area contributed by atoms with Crippen molar-refractivity contribution in [2.75, 3.05) is 18.0 Å². The predicted octanol–water partition coefficient (Wildman–Crippen LogP) is 3.50. The van der Waals surface area contributed by atoms with Gasteiger partial charge in [0.25, 0.3) is 5.91 Å². The summed E-state index contributed by atoms with van der Waals surface area (Å²) >= 11 is 0. The third kappa shape index (κ3) is 4.75. The lowest BCUT2D eigenvalue weighted by atomic mass is 10.1. The summed E-state index contributed by atoms with van der Waals surface area (Å²) in [4.78, 5) is 29.0. The van der Waals surface area contributed by atoms with Gasteiger partial charge in [0.1, 0.15) is 5.75 Å². The number of fused-ring (bicyclic) bond motifs is 1. The van der Waals surface area contributed by atoms with Crippen LogP contribution in [0.5, 0.6) is 5.75 Å². The molecule has 2 amide bonds. The van der Waals surface area contributed by atoms with Crippen molar-refractivity contribution in [2.45, 2.75) is 39.3 Å². The lowest BCUT2D eigenvalue weighted by Crippen LogP contribution is -2.46. The van der Waals surface area contributed by atoms with E-state index in [9.17, 15) is 9.59 Å². The van der Waals surface area contributed by atoms with Crippen molar-refractivity contribution in [1.29, 1.82) is 5.26 Å². The Kier molecular flexibility index (Phi) is 6.50. The number of hydrogen-bond donors (Lipinski definition) is 0. The number of amides is 2. The molecule has 1 atom stereocenters. The number of carbonyl (C=O) groups is 2. The van der Waals surface area contributed by atoms with Gasteiger partial charge in [0.05, 0.1) is 17.3 Å². The minimum absolute atomic E-state index is 0.000589. The molecule has 150 valence electrons. The Morgan fingerprint density at radius 1 is 1.21 bits per heavy atom. The Balaban J connectivity index is 1.68. The molecule has 0 aliphatic carbocycles. The SMILES string of the molecule is CCCN(Cc1ccc(C#N)cc1)C(=O)CCN1C(=O)C(C)Oc2ccccc21. The van der Waals surface area contributed by atoms with E-state index < -0.39 is 6.10 Å². The number of nitrogens with zero attached hydrogens (tertiary/aromatic N) is 3. The second-order valence-electron chi connectivity index (χ2n) is 7.09. The quantitative estimate of drug-likeness (QED) is 0.724. The van der Waals surface area contributed by atoms with Crippen molar-refractivity contribution < 1.29 is 14.3 Å². The second-order valence-corrected chi connectivity index (χ2v) is 7.09. The largest absolute Gasteiger partial charge is 0.479 e. The molecule has 0 bridgehead atoms. The molecule has 29 heavy (non-hydrogen) atoms. The molecule has 0 aromatic heterocycles. The normalized spacial score (nSPS) is 15.3. The highest BCUT2D eigenvalue weighted by Crippen LogP contribution is 2.33. The molecule has 1 aliphatic heterocycles. The Hall–Kier alpha value is -3.33. The van der Waals surface area contributed by atoms with Crippen LogP contribution in [0.4, 0.5) is 5.69 Å².